The van der Waals surface area contributed by atoms with Crippen molar-refractivity contribution >= 4 is 23.5 Å². The lowest BCUT2D eigenvalue weighted by Crippen LogP contribution is -2.16. The molecule has 5 nitrogen and oxygen atoms in total. The van der Waals surface area contributed by atoms with Crippen LogP contribution in [0.1, 0.15) is 5.69 Å². The molecule has 0 spiro atoms. The summed E-state index contributed by atoms with van der Waals surface area (Å²) in [6.45, 7) is 0. The van der Waals surface area contributed by atoms with Gasteiger partial charge < -0.3 is 11.1 Å². The molecular formula is C5H5ClN4O. The van der Waals surface area contributed by atoms with Crippen molar-refractivity contribution in [2.75, 3.05) is 5.73 Å². The van der Waals surface area contributed by atoms with Crippen molar-refractivity contribution in [2.45, 2.75) is 0 Å². The zero-order valence-electron chi connectivity index (χ0n) is 5.39. The molecule has 0 saturated carbocycles. The number of rotatable bonds is 1. The van der Waals surface area contributed by atoms with E-state index in [1.807, 2.05) is 0 Å². The molecule has 4 N–H and O–H groups in total. The summed E-state index contributed by atoms with van der Waals surface area (Å²) in [4.78, 5) is 16.6. The van der Waals surface area contributed by atoms with E-state index in [4.69, 9.17) is 22.7 Å². The van der Waals surface area contributed by atoms with Crippen LogP contribution in [0.15, 0.2) is 4.79 Å². The summed E-state index contributed by atoms with van der Waals surface area (Å²) in [5, 5.41) is 6.73. The standard InChI is InChI=1S/C5H5ClN4O/c6-5-9-2(1-7)3(8)4(11)10-5/h1,7H,8H2,(H,9,10,11). The molecule has 0 amide bonds. The largest absolute Gasteiger partial charge is 0.392 e. The fourth-order valence-electron chi connectivity index (χ4n) is 0.581. The van der Waals surface area contributed by atoms with Crippen molar-refractivity contribution in [2.24, 2.45) is 0 Å². The van der Waals surface area contributed by atoms with Gasteiger partial charge >= 0.3 is 0 Å². The van der Waals surface area contributed by atoms with Gasteiger partial charge in [-0.15, -0.1) is 0 Å². The number of aromatic amines is 1. The first-order valence-corrected chi connectivity index (χ1v) is 3.08. The third-order valence-corrected chi connectivity index (χ3v) is 1.27. The highest BCUT2D eigenvalue weighted by Crippen LogP contribution is 2.01. The van der Waals surface area contributed by atoms with Crippen LogP contribution in [-0.4, -0.2) is 16.2 Å². The first-order chi connectivity index (χ1) is 5.15. The smallest absolute Gasteiger partial charge is 0.275 e. The number of H-pyrrole nitrogens is 1. The number of hydrogen-bond donors (Lipinski definition) is 3. The molecule has 0 unspecified atom stereocenters. The molecule has 0 aliphatic rings. The Labute approximate surface area is 66.7 Å². The molecule has 0 aliphatic heterocycles. The molecule has 1 rings (SSSR count). The van der Waals surface area contributed by atoms with Crippen LogP contribution in [0.4, 0.5) is 5.69 Å². The minimum Gasteiger partial charge on any atom is -0.392 e. The Balaban J connectivity index is 3.48. The van der Waals surface area contributed by atoms with Gasteiger partial charge in [-0.2, -0.15) is 0 Å². The Kier molecular flexibility index (Phi) is 1.91. The van der Waals surface area contributed by atoms with Crippen molar-refractivity contribution < 1.29 is 0 Å². The van der Waals surface area contributed by atoms with Crippen LogP contribution >= 0.6 is 11.6 Å². The maximum atomic E-state index is 10.8. The van der Waals surface area contributed by atoms with E-state index in [9.17, 15) is 4.79 Å². The molecule has 0 saturated heterocycles. The predicted molar refractivity (Wildman–Crippen MR) is 42.2 cm³/mol. The fourth-order valence-corrected chi connectivity index (χ4v) is 0.758. The molecule has 1 aromatic heterocycles. The summed E-state index contributed by atoms with van der Waals surface area (Å²) < 4.78 is 0. The lowest BCUT2D eigenvalue weighted by molar-refractivity contribution is 1.11. The Hall–Kier alpha value is -1.36. The second-order valence-corrected chi connectivity index (χ2v) is 2.16. The van der Waals surface area contributed by atoms with E-state index in [1.165, 1.54) is 0 Å². The first kappa shape index (κ1) is 7.74. The van der Waals surface area contributed by atoms with Crippen molar-refractivity contribution in [1.29, 1.82) is 5.41 Å². The molecule has 0 fully saturated rings. The Morgan fingerprint density at radius 3 is 2.91 bits per heavy atom. The summed E-state index contributed by atoms with van der Waals surface area (Å²) in [5.41, 5.74) is 4.71. The van der Waals surface area contributed by atoms with Gasteiger partial charge in [-0.1, -0.05) is 0 Å². The summed E-state index contributed by atoms with van der Waals surface area (Å²) in [5.74, 6) is 0. The minimum absolute atomic E-state index is 0.0669. The number of nitrogens with two attached hydrogens (primary N) is 1. The van der Waals surface area contributed by atoms with E-state index >= 15 is 0 Å². The number of nitrogens with zero attached hydrogens (tertiary/aromatic N) is 1. The Morgan fingerprint density at radius 1 is 1.73 bits per heavy atom. The SMILES string of the molecule is N=Cc1nc(Cl)[nH]c(=O)c1N. The molecule has 0 aliphatic carbocycles. The van der Waals surface area contributed by atoms with Gasteiger partial charge in [0.05, 0.1) is 0 Å². The number of anilines is 1. The molecule has 0 aromatic carbocycles. The maximum absolute atomic E-state index is 10.8. The van der Waals surface area contributed by atoms with E-state index in [2.05, 4.69) is 9.97 Å². The van der Waals surface area contributed by atoms with Gasteiger partial charge in [0, 0.05) is 6.21 Å². The summed E-state index contributed by atoms with van der Waals surface area (Å²) >= 11 is 5.38. The molecule has 0 bridgehead atoms. The lowest BCUT2D eigenvalue weighted by atomic mass is 10.4. The summed E-state index contributed by atoms with van der Waals surface area (Å²) in [7, 11) is 0. The number of aromatic nitrogens is 2. The molecule has 0 atom stereocenters. The first-order valence-electron chi connectivity index (χ1n) is 2.71. The van der Waals surface area contributed by atoms with E-state index in [0.29, 0.717) is 0 Å². The lowest BCUT2D eigenvalue weighted by Gasteiger charge is -1.96. The van der Waals surface area contributed by atoms with E-state index < -0.39 is 5.56 Å². The zero-order chi connectivity index (χ0) is 8.43. The monoisotopic (exact) mass is 172 g/mol. The highest BCUT2D eigenvalue weighted by atomic mass is 35.5. The van der Waals surface area contributed by atoms with Crippen molar-refractivity contribution in [3.8, 4) is 0 Å². The van der Waals surface area contributed by atoms with Crippen LogP contribution in [0.25, 0.3) is 0 Å². The summed E-state index contributed by atoms with van der Waals surface area (Å²) in [6, 6.07) is 0. The van der Waals surface area contributed by atoms with Crippen LogP contribution < -0.4 is 11.3 Å². The zero-order valence-corrected chi connectivity index (χ0v) is 6.14. The number of nitrogen functional groups attached to an aromatic ring is 1. The minimum atomic E-state index is -0.525. The highest BCUT2D eigenvalue weighted by molar-refractivity contribution is 6.28. The quantitative estimate of drug-likeness (QED) is 0.411. The normalized spacial score (nSPS) is 9.55. The van der Waals surface area contributed by atoms with E-state index in [-0.39, 0.29) is 16.7 Å². The van der Waals surface area contributed by atoms with Crippen LogP contribution in [0.5, 0.6) is 0 Å². The topological polar surface area (TPSA) is 95.6 Å². The number of hydrogen-bond acceptors (Lipinski definition) is 4. The Bertz CT molecular complexity index is 345. The van der Waals surface area contributed by atoms with Gasteiger partial charge in [0.15, 0.2) is 0 Å². The summed E-state index contributed by atoms with van der Waals surface area (Å²) in [6.07, 6.45) is 0.871. The van der Waals surface area contributed by atoms with E-state index in [1.54, 1.807) is 0 Å². The van der Waals surface area contributed by atoms with Crippen LogP contribution in [0.3, 0.4) is 0 Å². The number of nitrogens with one attached hydrogen (secondary N) is 2. The second kappa shape index (κ2) is 2.71. The van der Waals surface area contributed by atoms with Gasteiger partial charge in [0.1, 0.15) is 11.4 Å². The molecule has 1 heterocycles. The Morgan fingerprint density at radius 2 is 2.36 bits per heavy atom. The average Bonchev–Trinajstić information content (AvgIpc) is 1.96. The fraction of sp³-hybridized carbons (Fsp3) is 0. The van der Waals surface area contributed by atoms with Gasteiger partial charge in [-0.3, -0.25) is 9.78 Å². The van der Waals surface area contributed by atoms with E-state index in [0.717, 1.165) is 6.21 Å². The van der Waals surface area contributed by atoms with Gasteiger partial charge in [0.25, 0.3) is 5.56 Å². The average molecular weight is 173 g/mol. The number of halogens is 1. The van der Waals surface area contributed by atoms with Crippen molar-refractivity contribution in [1.82, 2.24) is 9.97 Å². The van der Waals surface area contributed by atoms with Crippen molar-refractivity contribution in [3.63, 3.8) is 0 Å². The molecule has 0 radical (unpaired) electrons. The molecule has 58 valence electrons. The molecule has 1 aromatic rings. The van der Waals surface area contributed by atoms with Crippen molar-refractivity contribution in [3.05, 3.63) is 21.3 Å². The molecular weight excluding hydrogens is 168 g/mol. The van der Waals surface area contributed by atoms with Gasteiger partial charge in [-0.05, 0) is 11.6 Å². The van der Waals surface area contributed by atoms with Crippen LogP contribution in [0, 0.1) is 5.41 Å². The molecule has 11 heavy (non-hydrogen) atoms. The third-order valence-electron chi connectivity index (χ3n) is 1.09. The highest BCUT2D eigenvalue weighted by Gasteiger charge is 2.03. The second-order valence-electron chi connectivity index (χ2n) is 1.80. The molecule has 6 heteroatoms. The van der Waals surface area contributed by atoms with Crippen LogP contribution in [-0.2, 0) is 0 Å². The van der Waals surface area contributed by atoms with Gasteiger partial charge in [-0.25, -0.2) is 4.98 Å². The van der Waals surface area contributed by atoms with Gasteiger partial charge in [0.2, 0.25) is 5.28 Å². The maximum Gasteiger partial charge on any atom is 0.275 e. The third kappa shape index (κ3) is 1.38. The van der Waals surface area contributed by atoms with Crippen LogP contribution in [0.2, 0.25) is 5.28 Å². The predicted octanol–water partition coefficient (Wildman–Crippen LogP) is 0.00317.